The van der Waals surface area contributed by atoms with E-state index < -0.39 is 16.1 Å². The molecule has 1 heterocycles. The van der Waals surface area contributed by atoms with Crippen molar-refractivity contribution in [3.63, 3.8) is 0 Å². The number of carbonyl (C=O) groups is 1. The molecule has 0 bridgehead atoms. The average molecular weight is 356 g/mol. The Morgan fingerprint density at radius 1 is 1.12 bits per heavy atom. The molecule has 8 heteroatoms. The van der Waals surface area contributed by atoms with E-state index in [0.29, 0.717) is 25.4 Å². The maximum Gasteiger partial charge on any atom is 0.409 e. The third-order valence-corrected chi connectivity index (χ3v) is 6.08. The van der Waals surface area contributed by atoms with Gasteiger partial charge in [0, 0.05) is 26.2 Å². The van der Waals surface area contributed by atoms with Crippen molar-refractivity contribution in [2.75, 3.05) is 39.9 Å². The maximum atomic E-state index is 12.9. The molecule has 1 aliphatic heterocycles. The molecule has 0 aromatic heterocycles. The van der Waals surface area contributed by atoms with E-state index in [-0.39, 0.29) is 18.0 Å². The van der Waals surface area contributed by atoms with Gasteiger partial charge in [0.2, 0.25) is 10.0 Å². The zero-order chi connectivity index (χ0) is 17.9. The smallest absolute Gasteiger partial charge is 0.409 e. The maximum absolute atomic E-state index is 12.9. The van der Waals surface area contributed by atoms with Crippen LogP contribution in [0.15, 0.2) is 17.0 Å². The minimum Gasteiger partial charge on any atom is -0.495 e. The van der Waals surface area contributed by atoms with Crippen molar-refractivity contribution in [3.8, 4) is 5.75 Å². The molecule has 0 saturated carbocycles. The zero-order valence-electron chi connectivity index (χ0n) is 14.5. The lowest BCUT2D eigenvalue weighted by Crippen LogP contribution is -2.50. The molecule has 1 fully saturated rings. The van der Waals surface area contributed by atoms with Gasteiger partial charge in [0.05, 0.1) is 13.7 Å². The van der Waals surface area contributed by atoms with E-state index in [1.165, 1.54) is 16.3 Å². The number of hydrogen-bond donors (Lipinski definition) is 0. The van der Waals surface area contributed by atoms with Crippen LogP contribution in [0.3, 0.4) is 0 Å². The van der Waals surface area contributed by atoms with Gasteiger partial charge >= 0.3 is 6.09 Å². The summed E-state index contributed by atoms with van der Waals surface area (Å²) < 4.78 is 37.5. The number of hydrogen-bond acceptors (Lipinski definition) is 5. The minimum absolute atomic E-state index is 0.165. The number of sulfonamides is 1. The van der Waals surface area contributed by atoms with Gasteiger partial charge in [0.1, 0.15) is 10.6 Å². The molecule has 0 atom stereocenters. The number of aryl methyl sites for hydroxylation is 2. The Hall–Kier alpha value is -1.80. The van der Waals surface area contributed by atoms with Gasteiger partial charge in [-0.15, -0.1) is 0 Å². The van der Waals surface area contributed by atoms with Gasteiger partial charge < -0.3 is 14.4 Å². The molecule has 7 nitrogen and oxygen atoms in total. The fourth-order valence-electron chi connectivity index (χ4n) is 2.59. The summed E-state index contributed by atoms with van der Waals surface area (Å²) in [7, 11) is -2.22. The Labute approximate surface area is 143 Å². The number of piperazine rings is 1. The molecule has 0 radical (unpaired) electrons. The third-order valence-electron chi connectivity index (χ3n) is 4.16. The highest BCUT2D eigenvalue weighted by Crippen LogP contribution is 2.30. The topological polar surface area (TPSA) is 76.2 Å². The molecule has 1 aromatic carbocycles. The van der Waals surface area contributed by atoms with Crippen LogP contribution in [0, 0.1) is 13.8 Å². The van der Waals surface area contributed by atoms with E-state index >= 15 is 0 Å². The fourth-order valence-corrected chi connectivity index (χ4v) is 4.23. The second-order valence-electron chi connectivity index (χ2n) is 5.68. The first-order valence-electron chi connectivity index (χ1n) is 7.88. The van der Waals surface area contributed by atoms with Crippen molar-refractivity contribution in [2.45, 2.75) is 25.7 Å². The standard InChI is InChI=1S/C16H24N2O5S/c1-5-23-16(19)17-6-8-18(9-7-17)24(20,21)15-11-13(3)12(2)10-14(15)22-4/h10-11H,5-9H2,1-4H3. The predicted molar refractivity (Wildman–Crippen MR) is 89.8 cm³/mol. The summed E-state index contributed by atoms with van der Waals surface area (Å²) in [6.45, 7) is 6.91. The van der Waals surface area contributed by atoms with Crippen LogP contribution >= 0.6 is 0 Å². The molecule has 0 aliphatic carbocycles. The van der Waals surface area contributed by atoms with Gasteiger partial charge in [0.15, 0.2) is 0 Å². The van der Waals surface area contributed by atoms with E-state index in [4.69, 9.17) is 9.47 Å². The first-order chi connectivity index (χ1) is 11.3. The van der Waals surface area contributed by atoms with Gasteiger partial charge in [0.25, 0.3) is 0 Å². The lowest BCUT2D eigenvalue weighted by atomic mass is 10.1. The summed E-state index contributed by atoms with van der Waals surface area (Å²) in [4.78, 5) is 13.4. The van der Waals surface area contributed by atoms with Crippen LogP contribution < -0.4 is 4.74 Å². The Balaban J connectivity index is 2.21. The summed E-state index contributed by atoms with van der Waals surface area (Å²) in [5.74, 6) is 0.339. The van der Waals surface area contributed by atoms with E-state index in [0.717, 1.165) is 11.1 Å². The first-order valence-corrected chi connectivity index (χ1v) is 9.32. The highest BCUT2D eigenvalue weighted by atomic mass is 32.2. The van der Waals surface area contributed by atoms with E-state index in [9.17, 15) is 13.2 Å². The molecule has 24 heavy (non-hydrogen) atoms. The molecule has 1 amide bonds. The van der Waals surface area contributed by atoms with Crippen LogP contribution in [-0.4, -0.2) is 63.6 Å². The quantitative estimate of drug-likeness (QED) is 0.822. The van der Waals surface area contributed by atoms with Gasteiger partial charge in [-0.2, -0.15) is 4.31 Å². The molecule has 1 aliphatic rings. The lowest BCUT2D eigenvalue weighted by molar-refractivity contribution is 0.0934. The molecule has 0 unspecified atom stereocenters. The van der Waals surface area contributed by atoms with Crippen LogP contribution in [0.1, 0.15) is 18.1 Å². The molecule has 1 saturated heterocycles. The molecule has 0 N–H and O–H groups in total. The SMILES string of the molecule is CCOC(=O)N1CCN(S(=O)(=O)c2cc(C)c(C)cc2OC)CC1. The van der Waals surface area contributed by atoms with Crippen molar-refractivity contribution in [1.82, 2.24) is 9.21 Å². The average Bonchev–Trinajstić information content (AvgIpc) is 2.57. The van der Waals surface area contributed by atoms with Crippen molar-refractivity contribution >= 4 is 16.1 Å². The molecule has 2 rings (SSSR count). The van der Waals surface area contributed by atoms with Gasteiger partial charge in [-0.05, 0) is 44.0 Å². The molecule has 134 valence electrons. The zero-order valence-corrected chi connectivity index (χ0v) is 15.4. The Kier molecular flexibility index (Phi) is 5.71. The highest BCUT2D eigenvalue weighted by molar-refractivity contribution is 7.89. The number of amides is 1. The Morgan fingerprint density at radius 3 is 2.25 bits per heavy atom. The molecular weight excluding hydrogens is 332 g/mol. The molecule has 1 aromatic rings. The monoisotopic (exact) mass is 356 g/mol. The first kappa shape index (κ1) is 18.5. The third kappa shape index (κ3) is 3.64. The van der Waals surface area contributed by atoms with Crippen LogP contribution in [0.2, 0.25) is 0 Å². The second-order valence-corrected chi connectivity index (χ2v) is 7.58. The Morgan fingerprint density at radius 2 is 1.71 bits per heavy atom. The highest BCUT2D eigenvalue weighted by Gasteiger charge is 2.32. The number of nitrogens with zero attached hydrogens (tertiary/aromatic N) is 2. The van der Waals surface area contributed by atoms with Gasteiger partial charge in [-0.3, -0.25) is 0 Å². The Bertz CT molecular complexity index is 709. The second kappa shape index (κ2) is 7.40. The van der Waals surface area contributed by atoms with Gasteiger partial charge in [-0.1, -0.05) is 0 Å². The molecular formula is C16H24N2O5S. The number of ether oxygens (including phenoxy) is 2. The molecule has 0 spiro atoms. The van der Waals surface area contributed by atoms with Crippen LogP contribution in [0.25, 0.3) is 0 Å². The van der Waals surface area contributed by atoms with Crippen LogP contribution in [-0.2, 0) is 14.8 Å². The predicted octanol–water partition coefficient (Wildman–Crippen LogP) is 1.77. The van der Waals surface area contributed by atoms with E-state index in [1.807, 2.05) is 13.8 Å². The van der Waals surface area contributed by atoms with Crippen molar-refractivity contribution < 1.29 is 22.7 Å². The van der Waals surface area contributed by atoms with Crippen molar-refractivity contribution in [3.05, 3.63) is 23.3 Å². The van der Waals surface area contributed by atoms with E-state index in [1.54, 1.807) is 19.1 Å². The summed E-state index contributed by atoms with van der Waals surface area (Å²) in [5, 5.41) is 0. The number of benzene rings is 1. The number of rotatable bonds is 4. The normalized spacial score (nSPS) is 16.1. The summed E-state index contributed by atoms with van der Waals surface area (Å²) in [5.41, 5.74) is 1.86. The van der Waals surface area contributed by atoms with Gasteiger partial charge in [-0.25, -0.2) is 13.2 Å². The van der Waals surface area contributed by atoms with Crippen molar-refractivity contribution in [2.24, 2.45) is 0 Å². The summed E-state index contributed by atoms with van der Waals surface area (Å²) in [6, 6.07) is 3.37. The fraction of sp³-hybridized carbons (Fsp3) is 0.562. The lowest BCUT2D eigenvalue weighted by Gasteiger charge is -2.33. The van der Waals surface area contributed by atoms with Crippen LogP contribution in [0.5, 0.6) is 5.75 Å². The largest absolute Gasteiger partial charge is 0.495 e. The summed E-state index contributed by atoms with van der Waals surface area (Å²) in [6.07, 6.45) is -0.404. The van der Waals surface area contributed by atoms with Crippen LogP contribution in [0.4, 0.5) is 4.79 Å². The van der Waals surface area contributed by atoms with E-state index in [2.05, 4.69) is 0 Å². The summed E-state index contributed by atoms with van der Waals surface area (Å²) >= 11 is 0. The number of carbonyl (C=O) groups excluding carboxylic acids is 1. The number of methoxy groups -OCH3 is 1. The van der Waals surface area contributed by atoms with Crippen molar-refractivity contribution in [1.29, 1.82) is 0 Å². The minimum atomic E-state index is -3.68.